The Labute approximate surface area is 106 Å². The van der Waals surface area contributed by atoms with Gasteiger partial charge in [0.1, 0.15) is 0 Å². The zero-order valence-electron chi connectivity index (χ0n) is 9.87. The Hall–Kier alpha value is -1.10. The fraction of sp³-hybridized carbons (Fsp3) is 0.417. The predicted molar refractivity (Wildman–Crippen MR) is 66.4 cm³/mol. The van der Waals surface area contributed by atoms with Crippen molar-refractivity contribution in [1.29, 1.82) is 0 Å². The molecule has 0 fully saturated rings. The lowest BCUT2D eigenvalue weighted by atomic mass is 10.1. The Balaban J connectivity index is 2.58. The monoisotopic (exact) mass is 257 g/mol. The van der Waals surface area contributed by atoms with Gasteiger partial charge in [0.2, 0.25) is 0 Å². The van der Waals surface area contributed by atoms with E-state index >= 15 is 0 Å². The highest BCUT2D eigenvalue weighted by atomic mass is 35.5. The Morgan fingerprint density at radius 3 is 2.82 bits per heavy atom. The number of hydrogen-bond donors (Lipinski definition) is 2. The number of aliphatic hydroxyl groups excluding tert-OH is 1. The molecule has 1 rings (SSSR count). The predicted octanol–water partition coefficient (Wildman–Crippen LogP) is 1.39. The molecule has 0 aliphatic rings. The summed E-state index contributed by atoms with van der Waals surface area (Å²) in [6, 6.07) is 5.11. The Bertz CT molecular complexity index is 375. The van der Waals surface area contributed by atoms with Crippen LogP contribution in [0.25, 0.3) is 0 Å². The third-order valence-corrected chi connectivity index (χ3v) is 2.38. The molecule has 4 nitrogen and oxygen atoms in total. The molecule has 5 heteroatoms. The molecule has 0 radical (unpaired) electrons. The third kappa shape index (κ3) is 4.73. The maximum atomic E-state index is 11.7. The Morgan fingerprint density at radius 1 is 1.53 bits per heavy atom. The first-order chi connectivity index (χ1) is 8.02. The number of methoxy groups -OCH3 is 1. The number of nitrogens with one attached hydrogen (secondary N) is 1. The quantitative estimate of drug-likeness (QED) is 0.838. The van der Waals surface area contributed by atoms with Crippen molar-refractivity contribution in [3.63, 3.8) is 0 Å². The van der Waals surface area contributed by atoms with Crippen molar-refractivity contribution < 1.29 is 14.6 Å². The van der Waals surface area contributed by atoms with Gasteiger partial charge in [0.25, 0.3) is 5.91 Å². The summed E-state index contributed by atoms with van der Waals surface area (Å²) in [7, 11) is 1.49. The molecule has 0 saturated carbocycles. The number of benzene rings is 1. The molecule has 2 N–H and O–H groups in total. The van der Waals surface area contributed by atoms with Gasteiger partial charge in [-0.2, -0.15) is 0 Å². The summed E-state index contributed by atoms with van der Waals surface area (Å²) in [5.41, 5.74) is 1.40. The van der Waals surface area contributed by atoms with Gasteiger partial charge in [0.05, 0.1) is 12.7 Å². The van der Waals surface area contributed by atoms with E-state index in [1.54, 1.807) is 18.2 Å². The average Bonchev–Trinajstić information content (AvgIpc) is 2.25. The van der Waals surface area contributed by atoms with Crippen LogP contribution in [0, 0.1) is 6.92 Å². The van der Waals surface area contributed by atoms with Crippen molar-refractivity contribution >= 4 is 17.5 Å². The van der Waals surface area contributed by atoms with Crippen molar-refractivity contribution in [2.45, 2.75) is 13.0 Å². The van der Waals surface area contributed by atoms with Crippen molar-refractivity contribution in [2.24, 2.45) is 0 Å². The van der Waals surface area contributed by atoms with Crippen LogP contribution in [0.15, 0.2) is 18.2 Å². The van der Waals surface area contributed by atoms with Crippen molar-refractivity contribution in [3.05, 3.63) is 34.3 Å². The lowest BCUT2D eigenvalue weighted by Crippen LogP contribution is -2.34. The van der Waals surface area contributed by atoms with Gasteiger partial charge in [-0.1, -0.05) is 11.6 Å². The lowest BCUT2D eigenvalue weighted by molar-refractivity contribution is 0.0610. The van der Waals surface area contributed by atoms with Gasteiger partial charge in [0.15, 0.2) is 0 Å². The molecule has 0 aliphatic heterocycles. The summed E-state index contributed by atoms with van der Waals surface area (Å²) in [5, 5.41) is 12.5. The summed E-state index contributed by atoms with van der Waals surface area (Å²) in [5.74, 6) is -0.259. The first-order valence-corrected chi connectivity index (χ1v) is 5.63. The smallest absolute Gasteiger partial charge is 0.251 e. The zero-order chi connectivity index (χ0) is 12.8. The standard InChI is InChI=1S/C12H16ClNO3/c1-8-3-9(5-10(13)4-8)12(16)14-6-11(15)7-17-2/h3-5,11,15H,6-7H2,1-2H3,(H,14,16). The summed E-state index contributed by atoms with van der Waals surface area (Å²) in [4.78, 5) is 11.7. The first-order valence-electron chi connectivity index (χ1n) is 5.25. The molecule has 1 unspecified atom stereocenters. The Morgan fingerprint density at radius 2 is 2.24 bits per heavy atom. The summed E-state index contributed by atoms with van der Waals surface area (Å²) in [6.07, 6.45) is -0.704. The molecule has 1 aromatic carbocycles. The molecule has 0 saturated heterocycles. The van der Waals surface area contributed by atoms with Crippen LogP contribution in [0.1, 0.15) is 15.9 Å². The number of hydrogen-bond acceptors (Lipinski definition) is 3. The molecule has 0 bridgehead atoms. The largest absolute Gasteiger partial charge is 0.389 e. The molecule has 17 heavy (non-hydrogen) atoms. The van der Waals surface area contributed by atoms with E-state index in [-0.39, 0.29) is 19.1 Å². The molecule has 0 aromatic heterocycles. The van der Waals surface area contributed by atoms with E-state index in [2.05, 4.69) is 5.32 Å². The van der Waals surface area contributed by atoms with Crippen LogP contribution in [0.2, 0.25) is 5.02 Å². The van der Waals surface area contributed by atoms with E-state index in [1.807, 2.05) is 6.92 Å². The summed E-state index contributed by atoms with van der Waals surface area (Å²) >= 11 is 5.86. The van der Waals surface area contributed by atoms with Gasteiger partial charge < -0.3 is 15.2 Å². The third-order valence-electron chi connectivity index (χ3n) is 2.16. The molecule has 94 valence electrons. The van der Waals surface area contributed by atoms with Crippen molar-refractivity contribution in [1.82, 2.24) is 5.32 Å². The van der Waals surface area contributed by atoms with Crippen molar-refractivity contribution in [3.8, 4) is 0 Å². The molecule has 0 heterocycles. The van der Waals surface area contributed by atoms with Crippen LogP contribution in [-0.2, 0) is 4.74 Å². The van der Waals surface area contributed by atoms with E-state index in [9.17, 15) is 9.90 Å². The van der Waals surface area contributed by atoms with Gasteiger partial charge in [-0.3, -0.25) is 4.79 Å². The molecule has 1 amide bonds. The van der Waals surface area contributed by atoms with Gasteiger partial charge in [-0.25, -0.2) is 0 Å². The maximum Gasteiger partial charge on any atom is 0.251 e. The fourth-order valence-corrected chi connectivity index (χ4v) is 1.72. The Kier molecular flexibility index (Phi) is 5.41. The second-order valence-electron chi connectivity index (χ2n) is 3.84. The lowest BCUT2D eigenvalue weighted by Gasteiger charge is -2.11. The topological polar surface area (TPSA) is 58.6 Å². The van der Waals surface area contributed by atoms with Gasteiger partial charge in [0, 0.05) is 24.2 Å². The van der Waals surface area contributed by atoms with Gasteiger partial charge in [-0.15, -0.1) is 0 Å². The second-order valence-corrected chi connectivity index (χ2v) is 4.27. The highest BCUT2D eigenvalue weighted by Crippen LogP contribution is 2.14. The number of aliphatic hydroxyl groups is 1. The summed E-state index contributed by atoms with van der Waals surface area (Å²) < 4.78 is 4.76. The number of halogens is 1. The number of rotatable bonds is 5. The number of carbonyl (C=O) groups excluding carboxylic acids is 1. The van der Waals surface area contributed by atoms with Crippen LogP contribution >= 0.6 is 11.6 Å². The van der Waals surface area contributed by atoms with Gasteiger partial charge in [-0.05, 0) is 30.7 Å². The first kappa shape index (κ1) is 14.0. The molecule has 1 atom stereocenters. The van der Waals surface area contributed by atoms with E-state index in [0.717, 1.165) is 5.56 Å². The zero-order valence-corrected chi connectivity index (χ0v) is 10.6. The molecular formula is C12H16ClNO3. The van der Waals surface area contributed by atoms with Crippen LogP contribution in [-0.4, -0.2) is 37.4 Å². The second kappa shape index (κ2) is 6.59. The van der Waals surface area contributed by atoms with E-state index in [4.69, 9.17) is 16.3 Å². The van der Waals surface area contributed by atoms with Crippen LogP contribution in [0.4, 0.5) is 0 Å². The van der Waals surface area contributed by atoms with Crippen LogP contribution in [0.3, 0.4) is 0 Å². The maximum absolute atomic E-state index is 11.7. The van der Waals surface area contributed by atoms with E-state index in [0.29, 0.717) is 10.6 Å². The van der Waals surface area contributed by atoms with Crippen LogP contribution in [0.5, 0.6) is 0 Å². The number of amides is 1. The highest BCUT2D eigenvalue weighted by molar-refractivity contribution is 6.31. The fourth-order valence-electron chi connectivity index (χ4n) is 1.43. The minimum Gasteiger partial charge on any atom is -0.389 e. The molecule has 0 spiro atoms. The van der Waals surface area contributed by atoms with Crippen LogP contribution < -0.4 is 5.32 Å². The number of ether oxygens (including phenoxy) is 1. The molecule has 1 aromatic rings. The SMILES string of the molecule is COCC(O)CNC(=O)c1cc(C)cc(Cl)c1. The van der Waals surface area contributed by atoms with E-state index in [1.165, 1.54) is 7.11 Å². The summed E-state index contributed by atoms with van der Waals surface area (Å²) in [6.45, 7) is 2.20. The molecular weight excluding hydrogens is 242 g/mol. The minimum absolute atomic E-state index is 0.151. The number of carbonyl (C=O) groups is 1. The van der Waals surface area contributed by atoms with Crippen molar-refractivity contribution in [2.75, 3.05) is 20.3 Å². The average molecular weight is 258 g/mol. The molecule has 0 aliphatic carbocycles. The van der Waals surface area contributed by atoms with Gasteiger partial charge >= 0.3 is 0 Å². The number of aryl methyl sites for hydroxylation is 1. The van der Waals surface area contributed by atoms with E-state index < -0.39 is 6.10 Å². The normalized spacial score (nSPS) is 12.2. The minimum atomic E-state index is -0.704. The highest BCUT2D eigenvalue weighted by Gasteiger charge is 2.09.